The Hall–Kier alpha value is 0.120. The Morgan fingerprint density at radius 2 is 1.05 bits per heavy atom. The van der Waals surface area contributed by atoms with E-state index in [0.29, 0.717) is 26.3 Å². The molecule has 0 rings (SSSR count). The number of hydrogen-bond donors (Lipinski definition) is 0. The van der Waals surface area contributed by atoms with Crippen molar-refractivity contribution in [3.05, 3.63) is 0 Å². The van der Waals surface area contributed by atoms with Crippen LogP contribution in [-0.2, 0) is 9.47 Å². The topological polar surface area (TPSA) is 31.4 Å². The van der Waals surface area contributed by atoms with Crippen molar-refractivity contribution in [1.82, 2.24) is 18.7 Å². The molecule has 0 amide bonds. The average Bonchev–Trinajstić information content (AvgIpc) is 2.37. The first-order valence-corrected chi connectivity index (χ1v) is 8.62. The van der Waals surface area contributed by atoms with Crippen molar-refractivity contribution < 1.29 is 13.7 Å². The molecule has 0 aromatic heterocycles. The van der Waals surface area contributed by atoms with Gasteiger partial charge in [0.1, 0.15) is 0 Å². The van der Waals surface area contributed by atoms with Gasteiger partial charge in [0.15, 0.2) is 0 Å². The van der Waals surface area contributed by atoms with Gasteiger partial charge in [0.05, 0.1) is 0 Å². The maximum absolute atomic E-state index is 16.6. The normalized spacial score (nSPS) is 15.3. The maximum atomic E-state index is 16.6. The third-order valence-electron chi connectivity index (χ3n) is 3.66. The zero-order chi connectivity index (χ0) is 16.0. The summed E-state index contributed by atoms with van der Waals surface area (Å²) in [4.78, 5) is 0. The third-order valence-corrected chi connectivity index (χ3v) is 9.16. The molecule has 20 heavy (non-hydrogen) atoms. The van der Waals surface area contributed by atoms with Crippen molar-refractivity contribution in [3.63, 3.8) is 0 Å². The van der Waals surface area contributed by atoms with Crippen LogP contribution in [0.1, 0.15) is 0 Å². The van der Waals surface area contributed by atoms with Gasteiger partial charge in [-0.15, -0.1) is 0 Å². The quantitative estimate of drug-likeness (QED) is 0.566. The van der Waals surface area contributed by atoms with Crippen molar-refractivity contribution >= 4 is 7.52 Å². The standard InChI is InChI=1S/C12H32FN4O2P/c1-14(2)20(13,15(3)4,16(5)6)17(9-11-18-7)10-12-19-8/h9-12H2,1-8H3. The van der Waals surface area contributed by atoms with Gasteiger partial charge < -0.3 is 0 Å². The Balaban J connectivity index is 5.73. The Kier molecular flexibility index (Phi) is 7.99. The molecule has 0 atom stereocenters. The molecular formula is C12H32FN4O2P. The van der Waals surface area contributed by atoms with E-state index in [9.17, 15) is 0 Å². The minimum absolute atomic E-state index is 0.473. The summed E-state index contributed by atoms with van der Waals surface area (Å²) in [5, 5.41) is 0. The molecule has 6 nitrogen and oxygen atoms in total. The molecule has 0 fully saturated rings. The molecule has 0 aliphatic heterocycles. The molecule has 0 heterocycles. The molecule has 8 heteroatoms. The van der Waals surface area contributed by atoms with Crippen LogP contribution in [-0.4, -0.2) is 101 Å². The number of nitrogens with zero attached hydrogens (tertiary/aromatic N) is 4. The number of methoxy groups -OCH3 is 2. The SMILES string of the molecule is COCCN(CCOC)P(F)(N(C)C)(N(C)C)N(C)C. The Morgan fingerprint density at radius 1 is 0.750 bits per heavy atom. The van der Waals surface area contributed by atoms with Gasteiger partial charge in [-0.05, 0) is 0 Å². The molecule has 0 saturated heterocycles. The summed E-state index contributed by atoms with van der Waals surface area (Å²) in [7, 11) is 9.89. The van der Waals surface area contributed by atoms with Crippen LogP contribution in [0.15, 0.2) is 0 Å². The van der Waals surface area contributed by atoms with Crippen LogP contribution < -0.4 is 0 Å². The summed E-state index contributed by atoms with van der Waals surface area (Å²) in [5.41, 5.74) is 0. The zero-order valence-electron chi connectivity index (χ0n) is 14.3. The molecule has 124 valence electrons. The third kappa shape index (κ3) is 3.30. The molecule has 0 N–H and O–H groups in total. The van der Waals surface area contributed by atoms with Crippen LogP contribution in [0, 0.1) is 0 Å². The van der Waals surface area contributed by atoms with Crippen molar-refractivity contribution in [2.24, 2.45) is 0 Å². The fraction of sp³-hybridized carbons (Fsp3) is 1.00. The molecular weight excluding hydrogens is 282 g/mol. The summed E-state index contributed by atoms with van der Waals surface area (Å²) < 4.78 is 33.8. The van der Waals surface area contributed by atoms with Gasteiger partial charge in [0, 0.05) is 0 Å². The van der Waals surface area contributed by atoms with E-state index in [2.05, 4.69) is 0 Å². The van der Waals surface area contributed by atoms with Crippen LogP contribution in [0.25, 0.3) is 0 Å². The zero-order valence-corrected chi connectivity index (χ0v) is 15.2. The van der Waals surface area contributed by atoms with E-state index < -0.39 is 7.52 Å². The Bertz CT molecular complexity index is 260. The number of rotatable bonds is 10. The van der Waals surface area contributed by atoms with Crippen molar-refractivity contribution in [3.8, 4) is 0 Å². The second-order valence-corrected chi connectivity index (χ2v) is 9.96. The molecule has 0 aromatic rings. The summed E-state index contributed by atoms with van der Waals surface area (Å²) in [5.74, 6) is 0. The van der Waals surface area contributed by atoms with Crippen LogP contribution in [0.2, 0.25) is 0 Å². The van der Waals surface area contributed by atoms with Gasteiger partial charge >= 0.3 is 123 Å². The fourth-order valence-electron chi connectivity index (χ4n) is 2.68. The summed E-state index contributed by atoms with van der Waals surface area (Å²) in [6, 6.07) is 0. The fourth-order valence-corrected chi connectivity index (χ4v) is 7.20. The van der Waals surface area contributed by atoms with Gasteiger partial charge in [-0.1, -0.05) is 0 Å². The molecule has 0 radical (unpaired) electrons. The Morgan fingerprint density at radius 3 is 1.25 bits per heavy atom. The van der Waals surface area contributed by atoms with Crippen molar-refractivity contribution in [2.45, 2.75) is 0 Å². The molecule has 0 unspecified atom stereocenters. The first-order valence-electron chi connectivity index (χ1n) is 6.68. The van der Waals surface area contributed by atoms with Crippen LogP contribution in [0.3, 0.4) is 0 Å². The number of halogens is 1. The molecule has 0 spiro atoms. The average molecular weight is 314 g/mol. The first-order chi connectivity index (χ1) is 9.17. The van der Waals surface area contributed by atoms with Gasteiger partial charge in [-0.25, -0.2) is 0 Å². The van der Waals surface area contributed by atoms with E-state index in [1.54, 1.807) is 70.5 Å². The van der Waals surface area contributed by atoms with Gasteiger partial charge in [0.25, 0.3) is 0 Å². The molecule has 0 aliphatic carbocycles. The number of ether oxygens (including phenoxy) is 2. The summed E-state index contributed by atoms with van der Waals surface area (Å²) in [6.45, 7) is 1.95. The monoisotopic (exact) mass is 314 g/mol. The molecule has 0 bridgehead atoms. The molecule has 0 aliphatic rings. The second-order valence-electron chi connectivity index (χ2n) is 5.32. The summed E-state index contributed by atoms with van der Waals surface area (Å²) >= 11 is 0. The predicted molar refractivity (Wildman–Crippen MR) is 84.4 cm³/mol. The van der Waals surface area contributed by atoms with Gasteiger partial charge in [-0.3, -0.25) is 0 Å². The number of hydrogen-bond acceptors (Lipinski definition) is 6. The molecule has 0 aromatic carbocycles. The second kappa shape index (κ2) is 7.94. The Labute approximate surface area is 123 Å². The van der Waals surface area contributed by atoms with E-state index >= 15 is 4.20 Å². The minimum atomic E-state index is -4.05. The van der Waals surface area contributed by atoms with Crippen LogP contribution >= 0.6 is 7.52 Å². The first kappa shape index (κ1) is 20.1. The predicted octanol–water partition coefficient (Wildman–Crippen LogP) is 1.36. The van der Waals surface area contributed by atoms with E-state index in [4.69, 9.17) is 9.47 Å². The summed E-state index contributed by atoms with van der Waals surface area (Å²) in [6.07, 6.45) is 0. The van der Waals surface area contributed by atoms with E-state index in [1.165, 1.54) is 0 Å². The van der Waals surface area contributed by atoms with E-state index in [1.807, 2.05) is 4.67 Å². The van der Waals surface area contributed by atoms with E-state index in [0.717, 1.165) is 0 Å². The van der Waals surface area contributed by atoms with Gasteiger partial charge in [-0.2, -0.15) is 0 Å². The van der Waals surface area contributed by atoms with Crippen LogP contribution in [0.4, 0.5) is 4.20 Å². The van der Waals surface area contributed by atoms with Crippen LogP contribution in [0.5, 0.6) is 0 Å². The van der Waals surface area contributed by atoms with E-state index in [-0.39, 0.29) is 0 Å². The molecule has 0 saturated carbocycles. The van der Waals surface area contributed by atoms with Crippen molar-refractivity contribution in [2.75, 3.05) is 82.8 Å². The van der Waals surface area contributed by atoms with Crippen molar-refractivity contribution in [1.29, 1.82) is 0 Å². The van der Waals surface area contributed by atoms with Gasteiger partial charge in [0.2, 0.25) is 0 Å².